The first-order valence-electron chi connectivity index (χ1n) is 9.91. The molecule has 0 radical (unpaired) electrons. The highest BCUT2D eigenvalue weighted by atomic mass is 19.1. The van der Waals surface area contributed by atoms with Gasteiger partial charge in [-0.25, -0.2) is 13.9 Å². The van der Waals surface area contributed by atoms with Crippen LogP contribution in [0, 0.1) is 19.7 Å². The van der Waals surface area contributed by atoms with Crippen LogP contribution in [0.4, 0.5) is 4.39 Å². The molecule has 0 aliphatic rings. The molecule has 164 valence electrons. The minimum Gasteiger partial charge on any atom is -0.489 e. The summed E-state index contributed by atoms with van der Waals surface area (Å²) in [5, 5.41) is 18.8. The summed E-state index contributed by atoms with van der Waals surface area (Å²) in [7, 11) is 0. The minimum atomic E-state index is -0.786. The van der Waals surface area contributed by atoms with Gasteiger partial charge in [0.15, 0.2) is 11.6 Å². The molecule has 0 bridgehead atoms. The van der Waals surface area contributed by atoms with Crippen molar-refractivity contribution in [2.45, 2.75) is 26.5 Å². The Kier molecular flexibility index (Phi) is 4.94. The number of hydrogen-bond acceptors (Lipinski definition) is 7. The number of H-pyrrole nitrogens is 1. The van der Waals surface area contributed by atoms with E-state index in [1.165, 1.54) is 23.7 Å². The highest BCUT2D eigenvalue weighted by Crippen LogP contribution is 2.34. The molecule has 11 heteroatoms. The number of fused-ring (bicyclic) bond motifs is 2. The molecular formula is C21H20FN7O3. The molecule has 0 spiro atoms. The van der Waals surface area contributed by atoms with Gasteiger partial charge in [-0.1, -0.05) is 0 Å². The van der Waals surface area contributed by atoms with E-state index in [0.717, 1.165) is 5.69 Å². The molecule has 5 rings (SSSR count). The van der Waals surface area contributed by atoms with Crippen LogP contribution < -0.4 is 9.47 Å². The molecule has 1 aromatic carbocycles. The fraction of sp³-hybridized carbons (Fsp3) is 0.238. The number of aliphatic hydroxyl groups is 1. The Labute approximate surface area is 181 Å². The molecule has 4 aromatic heterocycles. The second-order valence-corrected chi connectivity index (χ2v) is 7.45. The number of rotatable bonds is 7. The predicted octanol–water partition coefficient (Wildman–Crippen LogP) is 2.79. The largest absolute Gasteiger partial charge is 0.489 e. The molecule has 0 aliphatic carbocycles. The van der Waals surface area contributed by atoms with Crippen molar-refractivity contribution in [3.05, 3.63) is 60.5 Å². The molecule has 0 saturated heterocycles. The summed E-state index contributed by atoms with van der Waals surface area (Å²) < 4.78 is 29.7. The molecule has 5 aromatic rings. The van der Waals surface area contributed by atoms with Gasteiger partial charge < -0.3 is 19.6 Å². The molecule has 2 N–H and O–H groups in total. The van der Waals surface area contributed by atoms with E-state index in [9.17, 15) is 9.50 Å². The topological polar surface area (TPSA) is 115 Å². The van der Waals surface area contributed by atoms with Crippen LogP contribution in [0.2, 0.25) is 0 Å². The van der Waals surface area contributed by atoms with Crippen LogP contribution in [-0.2, 0) is 6.54 Å². The highest BCUT2D eigenvalue weighted by Gasteiger charge is 2.19. The van der Waals surface area contributed by atoms with Gasteiger partial charge in [0.1, 0.15) is 43.0 Å². The highest BCUT2D eigenvalue weighted by molar-refractivity contribution is 5.83. The van der Waals surface area contributed by atoms with Crippen LogP contribution in [0.3, 0.4) is 0 Å². The van der Waals surface area contributed by atoms with Crippen molar-refractivity contribution >= 4 is 16.4 Å². The van der Waals surface area contributed by atoms with Crippen molar-refractivity contribution in [3.8, 4) is 17.4 Å². The first-order chi connectivity index (χ1) is 15.5. The number of nitrogens with one attached hydrogen (secondary N) is 1. The molecule has 4 heterocycles. The summed E-state index contributed by atoms with van der Waals surface area (Å²) in [6.07, 6.45) is 5.12. The quantitative estimate of drug-likeness (QED) is 0.402. The first kappa shape index (κ1) is 19.9. The average molecular weight is 437 g/mol. The number of halogens is 1. The van der Waals surface area contributed by atoms with Crippen molar-refractivity contribution in [1.82, 2.24) is 34.3 Å². The lowest BCUT2D eigenvalue weighted by molar-refractivity contribution is 0.0890. The summed E-state index contributed by atoms with van der Waals surface area (Å²) in [5.41, 5.74) is 2.79. The van der Waals surface area contributed by atoms with Crippen LogP contribution in [0.25, 0.3) is 16.4 Å². The normalized spacial score (nSPS) is 12.5. The van der Waals surface area contributed by atoms with Gasteiger partial charge >= 0.3 is 0 Å². The van der Waals surface area contributed by atoms with Crippen molar-refractivity contribution in [3.63, 3.8) is 0 Å². The first-order valence-corrected chi connectivity index (χ1v) is 9.91. The van der Waals surface area contributed by atoms with E-state index in [0.29, 0.717) is 27.7 Å². The van der Waals surface area contributed by atoms with Crippen LogP contribution in [0.15, 0.2) is 43.4 Å². The van der Waals surface area contributed by atoms with E-state index in [2.05, 4.69) is 25.1 Å². The molecule has 0 fully saturated rings. The lowest BCUT2D eigenvalue weighted by Gasteiger charge is -2.11. The van der Waals surface area contributed by atoms with Crippen molar-refractivity contribution in [1.29, 1.82) is 0 Å². The van der Waals surface area contributed by atoms with Gasteiger partial charge in [-0.15, -0.1) is 0 Å². The Bertz CT molecular complexity index is 1390. The number of hydrogen-bond donors (Lipinski definition) is 2. The maximum absolute atomic E-state index is 15.0. The number of aromatic amines is 1. The second kappa shape index (κ2) is 7.93. The summed E-state index contributed by atoms with van der Waals surface area (Å²) >= 11 is 0. The van der Waals surface area contributed by atoms with E-state index in [1.807, 2.05) is 13.8 Å². The van der Waals surface area contributed by atoms with Gasteiger partial charge in [0, 0.05) is 22.2 Å². The Balaban J connectivity index is 1.40. The fourth-order valence-corrected chi connectivity index (χ4v) is 3.58. The molecule has 32 heavy (non-hydrogen) atoms. The fourth-order valence-electron chi connectivity index (χ4n) is 3.58. The van der Waals surface area contributed by atoms with Crippen molar-refractivity contribution in [2.75, 3.05) is 6.61 Å². The standard InChI is InChI=1S/C21H20FN7O3/c1-12-5-15-16(27-12)3-4-17(19(15)22)32-21-20-13(2)18(7-29(20)26-10-24-21)31-8-14(30)6-28-11-23-9-25-28/h3-5,7,9-11,14,27,30H,6,8H2,1-2H3/t14-/m1/s1. The summed E-state index contributed by atoms with van der Waals surface area (Å²) in [5.74, 6) is 0.287. The molecule has 0 unspecified atom stereocenters. The Morgan fingerprint density at radius 2 is 2.06 bits per heavy atom. The lowest BCUT2D eigenvalue weighted by Crippen LogP contribution is -2.23. The van der Waals surface area contributed by atoms with Crippen molar-refractivity contribution < 1.29 is 19.0 Å². The Morgan fingerprint density at radius 3 is 2.88 bits per heavy atom. The van der Waals surface area contributed by atoms with Gasteiger partial charge in [-0.2, -0.15) is 15.2 Å². The molecule has 1 atom stereocenters. The third kappa shape index (κ3) is 3.62. The second-order valence-electron chi connectivity index (χ2n) is 7.45. The summed E-state index contributed by atoms with van der Waals surface area (Å²) in [6.45, 7) is 3.97. The molecule has 10 nitrogen and oxygen atoms in total. The predicted molar refractivity (Wildman–Crippen MR) is 112 cm³/mol. The van der Waals surface area contributed by atoms with Crippen molar-refractivity contribution in [2.24, 2.45) is 0 Å². The number of aromatic nitrogens is 7. The van der Waals surface area contributed by atoms with E-state index < -0.39 is 11.9 Å². The summed E-state index contributed by atoms with van der Waals surface area (Å²) in [4.78, 5) is 11.1. The maximum Gasteiger partial charge on any atom is 0.247 e. The van der Waals surface area contributed by atoms with Gasteiger partial charge in [0.2, 0.25) is 5.88 Å². The molecule has 0 amide bonds. The molecular weight excluding hydrogens is 417 g/mol. The van der Waals surface area contributed by atoms with E-state index in [-0.39, 0.29) is 24.8 Å². The van der Waals surface area contributed by atoms with Gasteiger partial charge in [0.05, 0.1) is 12.7 Å². The van der Waals surface area contributed by atoms with Gasteiger partial charge in [0.25, 0.3) is 0 Å². The third-order valence-corrected chi connectivity index (χ3v) is 5.09. The van der Waals surface area contributed by atoms with Crippen LogP contribution in [0.1, 0.15) is 11.3 Å². The Morgan fingerprint density at radius 1 is 1.19 bits per heavy atom. The van der Waals surface area contributed by atoms with Crippen LogP contribution in [-0.4, -0.2) is 52.2 Å². The number of ether oxygens (including phenoxy) is 2. The number of aliphatic hydroxyl groups excluding tert-OH is 1. The average Bonchev–Trinajstić information content (AvgIpc) is 3.48. The van der Waals surface area contributed by atoms with Crippen LogP contribution in [0.5, 0.6) is 17.4 Å². The van der Waals surface area contributed by atoms with E-state index in [4.69, 9.17) is 9.47 Å². The zero-order chi connectivity index (χ0) is 22.2. The monoisotopic (exact) mass is 437 g/mol. The zero-order valence-electron chi connectivity index (χ0n) is 17.4. The number of aryl methyl sites for hydroxylation is 2. The van der Waals surface area contributed by atoms with E-state index >= 15 is 0 Å². The molecule has 0 aliphatic heterocycles. The minimum absolute atomic E-state index is 0.0410. The van der Waals surface area contributed by atoms with E-state index in [1.54, 1.807) is 28.9 Å². The molecule has 0 saturated carbocycles. The lowest BCUT2D eigenvalue weighted by atomic mass is 10.2. The van der Waals surface area contributed by atoms with Gasteiger partial charge in [-0.05, 0) is 32.0 Å². The number of nitrogens with zero attached hydrogens (tertiary/aromatic N) is 6. The van der Waals surface area contributed by atoms with Gasteiger partial charge in [-0.3, -0.25) is 4.68 Å². The third-order valence-electron chi connectivity index (χ3n) is 5.09. The summed E-state index contributed by atoms with van der Waals surface area (Å²) in [6, 6.07) is 5.05. The smallest absolute Gasteiger partial charge is 0.247 e. The van der Waals surface area contributed by atoms with Crippen LogP contribution >= 0.6 is 0 Å². The zero-order valence-corrected chi connectivity index (χ0v) is 17.4. The number of benzene rings is 1. The SMILES string of the molecule is Cc1cc2c(F)c(Oc3ncnn4cc(OC[C@H](O)Cn5cncn5)c(C)c34)ccc2[nH]1. The maximum atomic E-state index is 15.0. The Hall–Kier alpha value is -3.99.